The Labute approximate surface area is 65.0 Å². The van der Waals surface area contributed by atoms with Crippen LogP contribution in [-0.4, -0.2) is 16.2 Å². The van der Waals surface area contributed by atoms with E-state index in [2.05, 4.69) is 10.9 Å². The molecule has 1 aliphatic heterocycles. The standard InChI is InChI=1S/C8H8N2O/c1-2-7-5-9-8-6-11-4-3-10(7)8/h1,5H,3-4,6H2. The summed E-state index contributed by atoms with van der Waals surface area (Å²) in [7, 11) is 0. The number of hydrogen-bond acceptors (Lipinski definition) is 2. The number of rotatable bonds is 0. The van der Waals surface area contributed by atoms with Gasteiger partial charge in [-0.2, -0.15) is 0 Å². The summed E-state index contributed by atoms with van der Waals surface area (Å²) in [6.07, 6.45) is 6.98. The second kappa shape index (κ2) is 2.40. The third-order valence-electron chi connectivity index (χ3n) is 1.78. The van der Waals surface area contributed by atoms with Gasteiger partial charge < -0.3 is 9.30 Å². The zero-order chi connectivity index (χ0) is 7.68. The second-order valence-corrected chi connectivity index (χ2v) is 2.41. The third kappa shape index (κ3) is 0.920. The lowest BCUT2D eigenvalue weighted by atomic mass is 10.4. The summed E-state index contributed by atoms with van der Waals surface area (Å²) in [6.45, 7) is 2.15. The highest BCUT2D eigenvalue weighted by Crippen LogP contribution is 2.09. The Morgan fingerprint density at radius 1 is 1.73 bits per heavy atom. The van der Waals surface area contributed by atoms with Crippen LogP contribution in [0.2, 0.25) is 0 Å². The summed E-state index contributed by atoms with van der Waals surface area (Å²) < 4.78 is 7.22. The van der Waals surface area contributed by atoms with Crippen molar-refractivity contribution in [2.45, 2.75) is 13.2 Å². The molecule has 56 valence electrons. The Balaban J connectivity index is 2.48. The van der Waals surface area contributed by atoms with Crippen LogP contribution in [0.3, 0.4) is 0 Å². The molecule has 0 aliphatic carbocycles. The lowest BCUT2D eigenvalue weighted by molar-refractivity contribution is 0.0813. The average Bonchev–Trinajstić information content (AvgIpc) is 2.47. The summed E-state index contributed by atoms with van der Waals surface area (Å²) in [5.41, 5.74) is 0.850. The van der Waals surface area contributed by atoms with Crippen LogP contribution < -0.4 is 0 Å². The highest BCUT2D eigenvalue weighted by Gasteiger charge is 2.11. The fraction of sp³-hybridized carbons (Fsp3) is 0.375. The van der Waals surface area contributed by atoms with Crippen molar-refractivity contribution >= 4 is 0 Å². The predicted octanol–water partition coefficient (Wildman–Crippen LogP) is 0.395. The van der Waals surface area contributed by atoms with Gasteiger partial charge in [-0.15, -0.1) is 6.42 Å². The minimum atomic E-state index is 0.585. The normalized spacial score (nSPS) is 15.5. The minimum Gasteiger partial charge on any atom is -0.372 e. The molecule has 11 heavy (non-hydrogen) atoms. The van der Waals surface area contributed by atoms with Gasteiger partial charge in [0.1, 0.15) is 18.1 Å². The van der Waals surface area contributed by atoms with Gasteiger partial charge in [-0.05, 0) is 0 Å². The van der Waals surface area contributed by atoms with E-state index in [9.17, 15) is 0 Å². The fourth-order valence-electron chi connectivity index (χ4n) is 1.21. The number of nitrogens with zero attached hydrogens (tertiary/aromatic N) is 2. The zero-order valence-electron chi connectivity index (χ0n) is 6.08. The molecule has 0 saturated heterocycles. The number of imidazole rings is 1. The Bertz CT molecular complexity index is 308. The van der Waals surface area contributed by atoms with E-state index >= 15 is 0 Å². The van der Waals surface area contributed by atoms with Crippen LogP contribution in [0.25, 0.3) is 0 Å². The average molecular weight is 148 g/mol. The molecule has 1 aromatic heterocycles. The molecular formula is C8H8N2O. The molecule has 0 atom stereocenters. The van der Waals surface area contributed by atoms with Gasteiger partial charge in [-0.1, -0.05) is 5.92 Å². The van der Waals surface area contributed by atoms with Crippen molar-refractivity contribution in [3.63, 3.8) is 0 Å². The Morgan fingerprint density at radius 3 is 3.45 bits per heavy atom. The van der Waals surface area contributed by atoms with Crippen LogP contribution in [0, 0.1) is 12.3 Å². The van der Waals surface area contributed by atoms with E-state index in [4.69, 9.17) is 11.2 Å². The van der Waals surface area contributed by atoms with E-state index in [1.807, 2.05) is 4.57 Å². The Kier molecular flexibility index (Phi) is 1.41. The maximum Gasteiger partial charge on any atom is 0.135 e. The van der Waals surface area contributed by atoms with Gasteiger partial charge in [-0.25, -0.2) is 4.98 Å². The highest BCUT2D eigenvalue weighted by molar-refractivity contribution is 5.24. The van der Waals surface area contributed by atoms with E-state index in [0.717, 1.165) is 24.7 Å². The summed E-state index contributed by atoms with van der Waals surface area (Å²) in [5.74, 6) is 3.51. The van der Waals surface area contributed by atoms with Crippen LogP contribution in [0.4, 0.5) is 0 Å². The van der Waals surface area contributed by atoms with E-state index in [1.165, 1.54) is 0 Å². The SMILES string of the molecule is C#Cc1cnc2n1CCOC2. The van der Waals surface area contributed by atoms with E-state index in [-0.39, 0.29) is 0 Å². The third-order valence-corrected chi connectivity index (χ3v) is 1.78. The topological polar surface area (TPSA) is 27.1 Å². The van der Waals surface area contributed by atoms with Crippen molar-refractivity contribution in [1.82, 2.24) is 9.55 Å². The first-order chi connectivity index (χ1) is 5.42. The monoisotopic (exact) mass is 148 g/mol. The summed E-state index contributed by atoms with van der Waals surface area (Å²) in [5, 5.41) is 0. The van der Waals surface area contributed by atoms with Crippen molar-refractivity contribution < 1.29 is 4.74 Å². The van der Waals surface area contributed by atoms with Crippen molar-refractivity contribution in [2.24, 2.45) is 0 Å². The first kappa shape index (κ1) is 6.44. The molecule has 2 heterocycles. The van der Waals surface area contributed by atoms with Crippen molar-refractivity contribution in [3.8, 4) is 12.3 Å². The molecule has 0 aromatic carbocycles. The molecular weight excluding hydrogens is 140 g/mol. The van der Waals surface area contributed by atoms with Crippen molar-refractivity contribution in [1.29, 1.82) is 0 Å². The van der Waals surface area contributed by atoms with Gasteiger partial charge in [0.15, 0.2) is 0 Å². The summed E-state index contributed by atoms with van der Waals surface area (Å²) in [6, 6.07) is 0. The molecule has 0 amide bonds. The fourth-order valence-corrected chi connectivity index (χ4v) is 1.21. The summed E-state index contributed by atoms with van der Waals surface area (Å²) >= 11 is 0. The largest absolute Gasteiger partial charge is 0.372 e. The number of aromatic nitrogens is 2. The van der Waals surface area contributed by atoms with Crippen LogP contribution >= 0.6 is 0 Å². The molecule has 3 nitrogen and oxygen atoms in total. The van der Waals surface area contributed by atoms with Crippen LogP contribution in [0.1, 0.15) is 11.5 Å². The van der Waals surface area contributed by atoms with Gasteiger partial charge in [0.05, 0.1) is 12.8 Å². The highest BCUT2D eigenvalue weighted by atomic mass is 16.5. The molecule has 0 bridgehead atoms. The Hall–Kier alpha value is -1.27. The predicted molar refractivity (Wildman–Crippen MR) is 39.8 cm³/mol. The smallest absolute Gasteiger partial charge is 0.135 e. The number of ether oxygens (including phenoxy) is 1. The quantitative estimate of drug-likeness (QED) is 0.498. The molecule has 0 fully saturated rings. The zero-order valence-corrected chi connectivity index (χ0v) is 6.08. The number of fused-ring (bicyclic) bond motifs is 1. The minimum absolute atomic E-state index is 0.585. The molecule has 0 unspecified atom stereocenters. The molecule has 2 rings (SSSR count). The van der Waals surface area contributed by atoms with E-state index in [1.54, 1.807) is 6.20 Å². The maximum atomic E-state index is 5.27. The molecule has 0 radical (unpaired) electrons. The van der Waals surface area contributed by atoms with Gasteiger partial charge in [0.25, 0.3) is 0 Å². The van der Waals surface area contributed by atoms with Crippen molar-refractivity contribution in [2.75, 3.05) is 6.61 Å². The molecule has 3 heteroatoms. The van der Waals surface area contributed by atoms with Crippen LogP contribution in [0.5, 0.6) is 0 Å². The molecule has 1 aliphatic rings. The maximum absolute atomic E-state index is 5.27. The van der Waals surface area contributed by atoms with Gasteiger partial charge in [-0.3, -0.25) is 0 Å². The molecule has 0 N–H and O–H groups in total. The lowest BCUT2D eigenvalue weighted by Crippen LogP contribution is -2.17. The molecule has 1 aromatic rings. The van der Waals surface area contributed by atoms with Crippen molar-refractivity contribution in [3.05, 3.63) is 17.7 Å². The number of hydrogen-bond donors (Lipinski definition) is 0. The summed E-state index contributed by atoms with van der Waals surface area (Å²) in [4.78, 5) is 4.12. The second-order valence-electron chi connectivity index (χ2n) is 2.41. The lowest BCUT2D eigenvalue weighted by Gasteiger charge is -2.14. The van der Waals surface area contributed by atoms with Gasteiger partial charge in [0, 0.05) is 6.54 Å². The Morgan fingerprint density at radius 2 is 2.64 bits per heavy atom. The van der Waals surface area contributed by atoms with Gasteiger partial charge in [0.2, 0.25) is 0 Å². The first-order valence-corrected chi connectivity index (χ1v) is 3.50. The van der Waals surface area contributed by atoms with E-state index in [0.29, 0.717) is 6.61 Å². The first-order valence-electron chi connectivity index (χ1n) is 3.50. The van der Waals surface area contributed by atoms with Gasteiger partial charge >= 0.3 is 0 Å². The van der Waals surface area contributed by atoms with E-state index < -0.39 is 0 Å². The van der Waals surface area contributed by atoms with Crippen LogP contribution in [0.15, 0.2) is 6.20 Å². The number of terminal acetylenes is 1. The molecule has 0 saturated carbocycles. The molecule has 0 spiro atoms. The van der Waals surface area contributed by atoms with Crippen LogP contribution in [-0.2, 0) is 17.9 Å².